The molecule has 0 saturated carbocycles. The summed E-state index contributed by atoms with van der Waals surface area (Å²) in [6.45, 7) is 1.51. The third kappa shape index (κ3) is 7.16. The largest absolute Gasteiger partial charge is 0.465 e. The van der Waals surface area contributed by atoms with Gasteiger partial charge in [-0.15, -0.1) is 0 Å². The second-order valence-electron chi connectivity index (χ2n) is 4.19. The van der Waals surface area contributed by atoms with Crippen molar-refractivity contribution >= 4 is 11.9 Å². The van der Waals surface area contributed by atoms with Crippen molar-refractivity contribution in [2.45, 2.75) is 19.4 Å². The molecule has 0 aliphatic heterocycles. The number of carbonyl (C=O) groups is 2. The molecular weight excluding hydrogens is 292 g/mol. The highest BCUT2D eigenvalue weighted by molar-refractivity contribution is 6.03. The Balaban J connectivity index is 0.000000626. The van der Waals surface area contributed by atoms with Gasteiger partial charge in [0.2, 0.25) is 0 Å². The van der Waals surface area contributed by atoms with E-state index in [4.69, 9.17) is 20.1 Å². The number of benzene rings is 1. The first kappa shape index (κ1) is 20.0. The molecule has 124 valence electrons. The monoisotopic (exact) mass is 314 g/mol. The first-order chi connectivity index (χ1) is 10.5. The molecule has 0 bridgehead atoms. The summed E-state index contributed by atoms with van der Waals surface area (Å²) in [5, 5.41) is 24.0. The summed E-state index contributed by atoms with van der Waals surface area (Å²) < 4.78 is 9.55. The molecule has 0 saturated heterocycles. The van der Waals surface area contributed by atoms with Crippen LogP contribution >= 0.6 is 0 Å². The van der Waals surface area contributed by atoms with Crippen LogP contribution in [0.2, 0.25) is 0 Å². The van der Waals surface area contributed by atoms with Crippen LogP contribution < -0.4 is 0 Å². The van der Waals surface area contributed by atoms with Gasteiger partial charge in [0, 0.05) is 0 Å². The van der Waals surface area contributed by atoms with Gasteiger partial charge >= 0.3 is 11.9 Å². The number of rotatable bonds is 6. The SMILES string of the molecule is CCCOC(=O)c1ccccc1C(=O)OC.OCC(O)CO. The van der Waals surface area contributed by atoms with Crippen molar-refractivity contribution in [3.05, 3.63) is 35.4 Å². The topological polar surface area (TPSA) is 113 Å². The average Bonchev–Trinajstić information content (AvgIpc) is 2.58. The fourth-order valence-electron chi connectivity index (χ4n) is 1.28. The number of aliphatic hydroxyl groups excluding tert-OH is 3. The van der Waals surface area contributed by atoms with Gasteiger partial charge in [-0.1, -0.05) is 19.1 Å². The fraction of sp³-hybridized carbons (Fsp3) is 0.467. The number of esters is 2. The molecule has 0 aliphatic carbocycles. The van der Waals surface area contributed by atoms with Crippen LogP contribution in [0.4, 0.5) is 0 Å². The molecule has 0 amide bonds. The predicted octanol–water partition coefficient (Wildman–Crippen LogP) is 0.372. The van der Waals surface area contributed by atoms with Crippen LogP contribution in [0.3, 0.4) is 0 Å². The van der Waals surface area contributed by atoms with Gasteiger partial charge in [-0.3, -0.25) is 0 Å². The molecule has 0 radical (unpaired) electrons. The van der Waals surface area contributed by atoms with Crippen LogP contribution in [-0.4, -0.2) is 60.3 Å². The van der Waals surface area contributed by atoms with Crippen LogP contribution in [0, 0.1) is 0 Å². The number of ether oxygens (including phenoxy) is 2. The van der Waals surface area contributed by atoms with Crippen LogP contribution in [0.1, 0.15) is 34.1 Å². The van der Waals surface area contributed by atoms with E-state index < -0.39 is 18.0 Å². The molecule has 1 aromatic rings. The summed E-state index contributed by atoms with van der Waals surface area (Å²) in [5.74, 6) is -1.04. The van der Waals surface area contributed by atoms with Gasteiger partial charge in [0.15, 0.2) is 0 Å². The number of hydrogen-bond acceptors (Lipinski definition) is 7. The lowest BCUT2D eigenvalue weighted by atomic mass is 10.1. The summed E-state index contributed by atoms with van der Waals surface area (Å²) in [6, 6.07) is 6.43. The molecule has 22 heavy (non-hydrogen) atoms. The smallest absolute Gasteiger partial charge is 0.339 e. The Hall–Kier alpha value is -1.96. The Bertz CT molecular complexity index is 455. The van der Waals surface area contributed by atoms with E-state index in [1.54, 1.807) is 18.2 Å². The standard InChI is InChI=1S/C12H14O4.C3H8O3/c1-3-8-16-12(14)10-7-5-4-6-9(10)11(13)15-2;4-1-3(6)2-5/h4-7H,3,8H2,1-2H3;3-6H,1-2H2. The van der Waals surface area contributed by atoms with E-state index in [2.05, 4.69) is 4.74 Å². The van der Waals surface area contributed by atoms with E-state index in [1.165, 1.54) is 13.2 Å². The van der Waals surface area contributed by atoms with E-state index >= 15 is 0 Å². The van der Waals surface area contributed by atoms with E-state index in [9.17, 15) is 9.59 Å². The maximum absolute atomic E-state index is 11.6. The first-order valence-corrected chi connectivity index (χ1v) is 6.76. The highest BCUT2D eigenvalue weighted by atomic mass is 16.5. The van der Waals surface area contributed by atoms with Crippen molar-refractivity contribution in [2.24, 2.45) is 0 Å². The van der Waals surface area contributed by atoms with Crippen molar-refractivity contribution in [3.63, 3.8) is 0 Å². The average molecular weight is 314 g/mol. The molecule has 0 heterocycles. The molecule has 0 aromatic heterocycles. The summed E-state index contributed by atoms with van der Waals surface area (Å²) in [4.78, 5) is 23.0. The van der Waals surface area contributed by atoms with Crippen LogP contribution in [0.15, 0.2) is 24.3 Å². The van der Waals surface area contributed by atoms with Gasteiger partial charge in [0.05, 0.1) is 38.1 Å². The number of aliphatic hydroxyl groups is 3. The highest BCUT2D eigenvalue weighted by Gasteiger charge is 2.17. The van der Waals surface area contributed by atoms with E-state index in [0.717, 1.165) is 6.42 Å². The molecular formula is C15H22O7. The molecule has 3 N–H and O–H groups in total. The van der Waals surface area contributed by atoms with Crippen molar-refractivity contribution in [1.29, 1.82) is 0 Å². The van der Waals surface area contributed by atoms with Gasteiger partial charge in [0.1, 0.15) is 6.10 Å². The Labute approximate surface area is 129 Å². The minimum absolute atomic E-state index is 0.228. The zero-order valence-corrected chi connectivity index (χ0v) is 12.7. The third-order valence-corrected chi connectivity index (χ3v) is 2.41. The molecule has 0 spiro atoms. The maximum atomic E-state index is 11.6. The number of carbonyl (C=O) groups excluding carboxylic acids is 2. The fourth-order valence-corrected chi connectivity index (χ4v) is 1.28. The quantitative estimate of drug-likeness (QED) is 0.650. The second-order valence-corrected chi connectivity index (χ2v) is 4.19. The summed E-state index contributed by atoms with van der Waals surface area (Å²) in [5.41, 5.74) is 0.467. The Morgan fingerprint density at radius 3 is 1.95 bits per heavy atom. The molecule has 0 aliphatic rings. The zero-order valence-electron chi connectivity index (χ0n) is 12.7. The molecule has 0 unspecified atom stereocenters. The summed E-state index contributed by atoms with van der Waals surface area (Å²) in [7, 11) is 1.27. The van der Waals surface area contributed by atoms with Crippen molar-refractivity contribution in [2.75, 3.05) is 26.9 Å². The molecule has 0 fully saturated rings. The zero-order chi connectivity index (χ0) is 17.0. The van der Waals surface area contributed by atoms with E-state index in [-0.39, 0.29) is 24.3 Å². The van der Waals surface area contributed by atoms with Crippen molar-refractivity contribution < 1.29 is 34.4 Å². The summed E-state index contributed by atoms with van der Waals surface area (Å²) >= 11 is 0. The van der Waals surface area contributed by atoms with Crippen LogP contribution in [0.5, 0.6) is 0 Å². The van der Waals surface area contributed by atoms with E-state index in [0.29, 0.717) is 6.61 Å². The first-order valence-electron chi connectivity index (χ1n) is 6.76. The number of hydrogen-bond donors (Lipinski definition) is 3. The lowest BCUT2D eigenvalue weighted by Crippen LogP contribution is -2.15. The predicted molar refractivity (Wildman–Crippen MR) is 78.5 cm³/mol. The Morgan fingerprint density at radius 2 is 1.59 bits per heavy atom. The number of methoxy groups -OCH3 is 1. The maximum Gasteiger partial charge on any atom is 0.339 e. The lowest BCUT2D eigenvalue weighted by Gasteiger charge is -2.07. The van der Waals surface area contributed by atoms with Gasteiger partial charge in [-0.05, 0) is 18.6 Å². The molecule has 1 aromatic carbocycles. The van der Waals surface area contributed by atoms with Crippen molar-refractivity contribution in [1.82, 2.24) is 0 Å². The summed E-state index contributed by atoms with van der Waals surface area (Å²) in [6.07, 6.45) is -0.212. The normalized spacial score (nSPS) is 9.73. The molecule has 7 nitrogen and oxygen atoms in total. The second kappa shape index (κ2) is 11.7. The van der Waals surface area contributed by atoms with Gasteiger partial charge < -0.3 is 24.8 Å². The highest BCUT2D eigenvalue weighted by Crippen LogP contribution is 2.11. The lowest BCUT2D eigenvalue weighted by molar-refractivity contribution is 0.0450. The Morgan fingerprint density at radius 1 is 1.09 bits per heavy atom. The van der Waals surface area contributed by atoms with Crippen LogP contribution in [-0.2, 0) is 9.47 Å². The van der Waals surface area contributed by atoms with Crippen molar-refractivity contribution in [3.8, 4) is 0 Å². The van der Waals surface area contributed by atoms with Gasteiger partial charge in [-0.25, -0.2) is 9.59 Å². The molecule has 1 rings (SSSR count). The Kier molecular flexibility index (Phi) is 10.6. The van der Waals surface area contributed by atoms with Crippen LogP contribution in [0.25, 0.3) is 0 Å². The molecule has 7 heteroatoms. The van der Waals surface area contributed by atoms with E-state index in [1.807, 2.05) is 6.92 Å². The minimum atomic E-state index is -0.954. The molecule has 0 atom stereocenters. The van der Waals surface area contributed by atoms with Gasteiger partial charge in [0.25, 0.3) is 0 Å². The minimum Gasteiger partial charge on any atom is -0.465 e. The third-order valence-electron chi connectivity index (χ3n) is 2.41. The van der Waals surface area contributed by atoms with Gasteiger partial charge in [-0.2, -0.15) is 0 Å².